The molecule has 0 radical (unpaired) electrons. The molecule has 0 saturated carbocycles. The third-order valence-corrected chi connectivity index (χ3v) is 5.06. The van der Waals surface area contributed by atoms with Crippen LogP contribution in [0.25, 0.3) is 0 Å². The third-order valence-electron chi connectivity index (χ3n) is 3.66. The van der Waals surface area contributed by atoms with E-state index in [2.05, 4.69) is 67.3 Å². The second kappa shape index (κ2) is 12.6. The monoisotopic (exact) mass is 508 g/mol. The van der Waals surface area contributed by atoms with E-state index in [1.165, 1.54) is 5.56 Å². The second-order valence-corrected chi connectivity index (χ2v) is 7.75. The maximum absolute atomic E-state index is 4.37. The number of aliphatic imine (C=N–C) groups is 1. The normalized spacial score (nSPS) is 11.5. The molecule has 2 rings (SSSR count). The Bertz CT molecular complexity index is 654. The summed E-state index contributed by atoms with van der Waals surface area (Å²) in [6.45, 7) is 7.06. The fourth-order valence-electron chi connectivity index (χ4n) is 2.46. The van der Waals surface area contributed by atoms with Crippen molar-refractivity contribution in [2.45, 2.75) is 44.9 Å². The smallest absolute Gasteiger partial charge is 0.191 e. The van der Waals surface area contributed by atoms with E-state index in [9.17, 15) is 0 Å². The lowest BCUT2D eigenvalue weighted by molar-refractivity contribution is 0.477. The van der Waals surface area contributed by atoms with Gasteiger partial charge in [-0.1, -0.05) is 25.6 Å². The van der Waals surface area contributed by atoms with E-state index >= 15 is 0 Å². The van der Waals surface area contributed by atoms with Crippen molar-refractivity contribution in [1.82, 2.24) is 25.4 Å². The minimum Gasteiger partial charge on any atom is -0.356 e. The number of guanidine groups is 1. The molecule has 2 aromatic rings. The summed E-state index contributed by atoms with van der Waals surface area (Å²) >= 11 is 3.37. The minimum absolute atomic E-state index is 0. The Morgan fingerprint density at radius 3 is 2.77 bits per heavy atom. The molecule has 0 bridgehead atoms. The highest BCUT2D eigenvalue weighted by Gasteiger charge is 2.12. The van der Waals surface area contributed by atoms with Crippen LogP contribution in [0.4, 0.5) is 0 Å². The Kier molecular flexibility index (Phi) is 11.2. The molecular formula is C17H29IN6S2. The number of aromatic nitrogens is 3. The van der Waals surface area contributed by atoms with Crippen LogP contribution in [-0.2, 0) is 19.5 Å². The van der Waals surface area contributed by atoms with Crippen LogP contribution in [0, 0.1) is 5.92 Å². The van der Waals surface area contributed by atoms with Gasteiger partial charge in [-0.3, -0.25) is 4.99 Å². The highest BCUT2D eigenvalue weighted by molar-refractivity contribution is 14.0. The molecule has 0 amide bonds. The lowest BCUT2D eigenvalue weighted by atomic mass is 10.2. The predicted octanol–water partition coefficient (Wildman–Crippen LogP) is 3.63. The van der Waals surface area contributed by atoms with Crippen molar-refractivity contribution in [3.63, 3.8) is 0 Å². The average Bonchev–Trinajstić information content (AvgIpc) is 3.24. The molecule has 0 aliphatic carbocycles. The van der Waals surface area contributed by atoms with Gasteiger partial charge in [0.25, 0.3) is 0 Å². The first kappa shape index (κ1) is 23.2. The molecule has 2 N–H and O–H groups in total. The largest absolute Gasteiger partial charge is 0.356 e. The molecule has 0 spiro atoms. The second-order valence-electron chi connectivity index (χ2n) is 6.20. The Labute approximate surface area is 181 Å². The van der Waals surface area contributed by atoms with Crippen LogP contribution in [0.15, 0.2) is 27.0 Å². The summed E-state index contributed by atoms with van der Waals surface area (Å²) < 4.78 is 2.25. The van der Waals surface area contributed by atoms with Crippen LogP contribution >= 0.6 is 47.1 Å². The summed E-state index contributed by atoms with van der Waals surface area (Å²) in [5.41, 5.74) is 1.28. The first-order chi connectivity index (χ1) is 12.1. The van der Waals surface area contributed by atoms with Gasteiger partial charge in [0.2, 0.25) is 0 Å². The van der Waals surface area contributed by atoms with Gasteiger partial charge >= 0.3 is 0 Å². The number of thiophene rings is 1. The minimum atomic E-state index is 0. The van der Waals surface area contributed by atoms with Crippen LogP contribution in [0.5, 0.6) is 0 Å². The number of rotatable bonds is 9. The zero-order valence-corrected chi connectivity index (χ0v) is 19.8. The van der Waals surface area contributed by atoms with Crippen LogP contribution in [-0.4, -0.2) is 40.6 Å². The first-order valence-corrected chi connectivity index (χ1v) is 10.7. The predicted molar refractivity (Wildman–Crippen MR) is 123 cm³/mol. The zero-order valence-electron chi connectivity index (χ0n) is 15.9. The maximum Gasteiger partial charge on any atom is 0.191 e. The number of halogens is 1. The Balaban J connectivity index is 0.00000338. The van der Waals surface area contributed by atoms with Crippen LogP contribution in [0.1, 0.15) is 31.7 Å². The molecule has 6 nitrogen and oxygen atoms in total. The standard InChI is InChI=1S/C17H28N6S2.HI/c1-13(2)11-23-15(21-22-17(23)24-4)6-5-8-19-16(18-3)20-10-14-7-9-25-12-14;/h7,9,12-13H,5-6,8,10-11H2,1-4H3,(H2,18,19,20);1H. The third kappa shape index (κ3) is 7.43. The zero-order chi connectivity index (χ0) is 18.1. The van der Waals surface area contributed by atoms with Gasteiger partial charge in [-0.25, -0.2) is 0 Å². The molecule has 0 unspecified atom stereocenters. The molecule has 0 fully saturated rings. The van der Waals surface area contributed by atoms with Gasteiger partial charge in [0.05, 0.1) is 0 Å². The van der Waals surface area contributed by atoms with E-state index in [1.807, 2.05) is 0 Å². The molecule has 0 aliphatic rings. The molecule has 2 heterocycles. The number of aryl methyl sites for hydroxylation is 1. The Morgan fingerprint density at radius 2 is 2.15 bits per heavy atom. The van der Waals surface area contributed by atoms with Gasteiger partial charge in [0, 0.05) is 33.1 Å². The lowest BCUT2D eigenvalue weighted by Crippen LogP contribution is -2.37. The summed E-state index contributed by atoms with van der Waals surface area (Å²) in [6, 6.07) is 2.12. The van der Waals surface area contributed by atoms with E-state index in [4.69, 9.17) is 0 Å². The van der Waals surface area contributed by atoms with Crippen molar-refractivity contribution in [3.8, 4) is 0 Å². The van der Waals surface area contributed by atoms with E-state index in [0.29, 0.717) is 5.92 Å². The molecule has 0 aromatic carbocycles. The number of thioether (sulfide) groups is 1. The van der Waals surface area contributed by atoms with Gasteiger partial charge in [-0.15, -0.1) is 34.2 Å². The fraction of sp³-hybridized carbons (Fsp3) is 0.588. The lowest BCUT2D eigenvalue weighted by Gasteiger charge is -2.13. The van der Waals surface area contributed by atoms with Crippen molar-refractivity contribution in [2.75, 3.05) is 19.8 Å². The first-order valence-electron chi connectivity index (χ1n) is 8.55. The van der Waals surface area contributed by atoms with E-state index in [-0.39, 0.29) is 24.0 Å². The maximum atomic E-state index is 4.37. The van der Waals surface area contributed by atoms with Crippen molar-refractivity contribution >= 4 is 53.0 Å². The molecule has 0 saturated heterocycles. The molecule has 9 heteroatoms. The highest BCUT2D eigenvalue weighted by atomic mass is 127. The molecular weight excluding hydrogens is 479 g/mol. The SMILES string of the molecule is CN=C(NCCCc1nnc(SC)n1CC(C)C)NCc1ccsc1.I. The van der Waals surface area contributed by atoms with Gasteiger partial charge in [0.15, 0.2) is 11.1 Å². The number of hydrogen-bond donors (Lipinski definition) is 2. The fourth-order valence-corrected chi connectivity index (χ4v) is 3.65. The van der Waals surface area contributed by atoms with Gasteiger partial charge < -0.3 is 15.2 Å². The summed E-state index contributed by atoms with van der Waals surface area (Å²) in [4.78, 5) is 4.27. The highest BCUT2D eigenvalue weighted by Crippen LogP contribution is 2.16. The number of hydrogen-bond acceptors (Lipinski definition) is 5. The molecule has 146 valence electrons. The summed E-state index contributed by atoms with van der Waals surface area (Å²) in [6.07, 6.45) is 3.95. The number of nitrogens with one attached hydrogen (secondary N) is 2. The van der Waals surface area contributed by atoms with Crippen LogP contribution in [0.3, 0.4) is 0 Å². The molecule has 26 heavy (non-hydrogen) atoms. The van der Waals surface area contributed by atoms with Crippen molar-refractivity contribution < 1.29 is 0 Å². The van der Waals surface area contributed by atoms with Crippen LogP contribution < -0.4 is 10.6 Å². The van der Waals surface area contributed by atoms with Crippen molar-refractivity contribution in [1.29, 1.82) is 0 Å². The van der Waals surface area contributed by atoms with Crippen molar-refractivity contribution in [2.24, 2.45) is 10.9 Å². The quantitative estimate of drug-likeness (QED) is 0.178. The Morgan fingerprint density at radius 1 is 1.35 bits per heavy atom. The Hall–Kier alpha value is -0.810. The van der Waals surface area contributed by atoms with Crippen LogP contribution in [0.2, 0.25) is 0 Å². The van der Waals surface area contributed by atoms with Crippen molar-refractivity contribution in [3.05, 3.63) is 28.2 Å². The van der Waals surface area contributed by atoms with E-state index in [0.717, 1.165) is 49.4 Å². The van der Waals surface area contributed by atoms with E-state index in [1.54, 1.807) is 30.1 Å². The molecule has 0 aliphatic heterocycles. The molecule has 0 atom stereocenters. The number of nitrogens with zero attached hydrogens (tertiary/aromatic N) is 4. The van der Waals surface area contributed by atoms with E-state index < -0.39 is 0 Å². The average molecular weight is 508 g/mol. The van der Waals surface area contributed by atoms with Gasteiger partial charge in [0.1, 0.15) is 5.82 Å². The summed E-state index contributed by atoms with van der Waals surface area (Å²) in [5, 5.41) is 20.6. The van der Waals surface area contributed by atoms with Gasteiger partial charge in [-0.2, -0.15) is 11.3 Å². The molecule has 2 aromatic heterocycles. The summed E-state index contributed by atoms with van der Waals surface area (Å²) in [5.74, 6) is 2.49. The van der Waals surface area contributed by atoms with Gasteiger partial charge in [-0.05, 0) is 41.0 Å². The topological polar surface area (TPSA) is 67.1 Å². The summed E-state index contributed by atoms with van der Waals surface area (Å²) in [7, 11) is 1.80.